The first kappa shape index (κ1) is 12.8. The van der Waals surface area contributed by atoms with Crippen LogP contribution in [0.1, 0.15) is 37.5 Å². The second kappa shape index (κ2) is 5.41. The molecule has 1 aromatic heterocycles. The van der Waals surface area contributed by atoms with Crippen molar-refractivity contribution in [3.05, 3.63) is 24.0 Å². The van der Waals surface area contributed by atoms with Gasteiger partial charge < -0.3 is 9.30 Å². The Bertz CT molecular complexity index is 575. The molecule has 1 heterocycles. The zero-order valence-corrected chi connectivity index (χ0v) is 12.0. The van der Waals surface area contributed by atoms with Crippen molar-refractivity contribution < 1.29 is 4.74 Å². The number of benzene rings is 1. The van der Waals surface area contributed by atoms with Gasteiger partial charge in [0.15, 0.2) is 0 Å². The highest BCUT2D eigenvalue weighted by Crippen LogP contribution is 2.39. The van der Waals surface area contributed by atoms with Crippen molar-refractivity contribution in [3.8, 4) is 5.75 Å². The van der Waals surface area contributed by atoms with E-state index in [1.165, 1.54) is 24.2 Å². The minimum absolute atomic E-state index is 0.657. The maximum absolute atomic E-state index is 5.76. The van der Waals surface area contributed by atoms with Gasteiger partial charge in [-0.15, -0.1) is 11.6 Å². The average Bonchev–Trinajstić information content (AvgIpc) is 3.20. The number of halogens is 1. The lowest BCUT2D eigenvalue weighted by Gasteiger charge is -2.07. The number of fused-ring (bicyclic) bond motifs is 1. The van der Waals surface area contributed by atoms with Gasteiger partial charge >= 0.3 is 0 Å². The molecule has 3 nitrogen and oxygen atoms in total. The number of methoxy groups -OCH3 is 1. The summed E-state index contributed by atoms with van der Waals surface area (Å²) in [6.45, 7) is 0. The lowest BCUT2D eigenvalue weighted by molar-refractivity contribution is 0.415. The summed E-state index contributed by atoms with van der Waals surface area (Å²) in [6.07, 6.45) is 5.73. The molecule has 1 saturated carbocycles. The van der Waals surface area contributed by atoms with Crippen LogP contribution < -0.4 is 4.74 Å². The van der Waals surface area contributed by atoms with Gasteiger partial charge in [-0.25, -0.2) is 4.98 Å². The molecule has 19 heavy (non-hydrogen) atoms. The topological polar surface area (TPSA) is 27.1 Å². The lowest BCUT2D eigenvalue weighted by atomic mass is 10.2. The number of aryl methyl sites for hydroxylation is 1. The van der Waals surface area contributed by atoms with Crippen LogP contribution in [-0.4, -0.2) is 22.5 Å². The Kier molecular flexibility index (Phi) is 3.65. The monoisotopic (exact) mass is 278 g/mol. The zero-order chi connectivity index (χ0) is 13.2. The fourth-order valence-corrected chi connectivity index (χ4v) is 2.74. The van der Waals surface area contributed by atoms with Gasteiger partial charge in [0.2, 0.25) is 0 Å². The standard InChI is InChI=1S/C15H19ClN2O/c1-19-12-7-8-14-13(10-12)17-15(4-2-3-9-16)18(14)11-5-6-11/h7-8,10-11H,2-6,9H2,1H3. The van der Waals surface area contributed by atoms with Crippen molar-refractivity contribution in [1.29, 1.82) is 0 Å². The van der Waals surface area contributed by atoms with E-state index in [0.717, 1.165) is 36.4 Å². The Balaban J connectivity index is 1.97. The Morgan fingerprint density at radius 2 is 2.21 bits per heavy atom. The maximum atomic E-state index is 5.76. The number of nitrogens with zero attached hydrogens (tertiary/aromatic N) is 2. The van der Waals surface area contributed by atoms with Gasteiger partial charge in [-0.3, -0.25) is 0 Å². The van der Waals surface area contributed by atoms with Crippen LogP contribution in [0.25, 0.3) is 11.0 Å². The van der Waals surface area contributed by atoms with Crippen LogP contribution in [0.3, 0.4) is 0 Å². The molecule has 0 saturated heterocycles. The minimum atomic E-state index is 0.657. The number of aromatic nitrogens is 2. The molecule has 0 amide bonds. The van der Waals surface area contributed by atoms with E-state index in [1.54, 1.807) is 7.11 Å². The van der Waals surface area contributed by atoms with Crippen molar-refractivity contribution in [2.24, 2.45) is 0 Å². The van der Waals surface area contributed by atoms with Crippen LogP contribution in [0.15, 0.2) is 18.2 Å². The van der Waals surface area contributed by atoms with Gasteiger partial charge in [-0.2, -0.15) is 0 Å². The van der Waals surface area contributed by atoms with E-state index in [4.69, 9.17) is 21.3 Å². The molecule has 3 rings (SSSR count). The summed E-state index contributed by atoms with van der Waals surface area (Å²) in [5.74, 6) is 2.81. The van der Waals surface area contributed by atoms with Crippen LogP contribution in [0.2, 0.25) is 0 Å². The van der Waals surface area contributed by atoms with Gasteiger partial charge in [0.05, 0.1) is 18.1 Å². The van der Waals surface area contributed by atoms with Crippen molar-refractivity contribution in [1.82, 2.24) is 9.55 Å². The first-order valence-corrected chi connectivity index (χ1v) is 7.47. The predicted octanol–water partition coefficient (Wildman–Crippen LogP) is 3.94. The van der Waals surface area contributed by atoms with Crippen LogP contribution in [0.5, 0.6) is 5.75 Å². The molecule has 102 valence electrons. The summed E-state index contributed by atoms with van der Waals surface area (Å²) in [5.41, 5.74) is 2.29. The molecule has 1 fully saturated rings. The Hall–Kier alpha value is -1.22. The molecule has 0 N–H and O–H groups in total. The summed E-state index contributed by atoms with van der Waals surface area (Å²) in [5, 5.41) is 0. The summed E-state index contributed by atoms with van der Waals surface area (Å²) in [6, 6.07) is 6.83. The molecule has 2 aromatic rings. The average molecular weight is 279 g/mol. The van der Waals surface area contributed by atoms with E-state index in [0.29, 0.717) is 6.04 Å². The van der Waals surface area contributed by atoms with Gasteiger partial charge in [0.25, 0.3) is 0 Å². The second-order valence-electron chi connectivity index (χ2n) is 5.13. The van der Waals surface area contributed by atoms with Gasteiger partial charge in [0, 0.05) is 24.4 Å². The fourth-order valence-electron chi connectivity index (χ4n) is 2.55. The number of imidazole rings is 1. The van der Waals surface area contributed by atoms with Crippen molar-refractivity contribution >= 4 is 22.6 Å². The molecule has 0 unspecified atom stereocenters. The number of ether oxygens (including phenoxy) is 1. The molecule has 0 aliphatic heterocycles. The SMILES string of the molecule is COc1ccc2c(c1)nc(CCCCCl)n2C1CC1. The predicted molar refractivity (Wildman–Crippen MR) is 78.2 cm³/mol. The Labute approximate surface area is 118 Å². The van der Waals surface area contributed by atoms with E-state index in [1.807, 2.05) is 12.1 Å². The molecule has 0 radical (unpaired) electrons. The van der Waals surface area contributed by atoms with Crippen LogP contribution in [0, 0.1) is 0 Å². The minimum Gasteiger partial charge on any atom is -0.497 e. The molecular weight excluding hydrogens is 260 g/mol. The summed E-state index contributed by atoms with van der Waals surface area (Å²) in [4.78, 5) is 4.79. The number of hydrogen-bond acceptors (Lipinski definition) is 2. The summed E-state index contributed by atoms with van der Waals surface area (Å²) in [7, 11) is 1.69. The van der Waals surface area contributed by atoms with Crippen molar-refractivity contribution in [2.75, 3.05) is 13.0 Å². The van der Waals surface area contributed by atoms with E-state index < -0.39 is 0 Å². The number of rotatable bonds is 6. The first-order chi connectivity index (χ1) is 9.33. The largest absolute Gasteiger partial charge is 0.497 e. The number of unbranched alkanes of at least 4 members (excludes halogenated alkanes) is 1. The van der Waals surface area contributed by atoms with Gasteiger partial charge in [-0.05, 0) is 37.8 Å². The third kappa shape index (κ3) is 2.57. The van der Waals surface area contributed by atoms with E-state index in [-0.39, 0.29) is 0 Å². The van der Waals surface area contributed by atoms with Crippen LogP contribution >= 0.6 is 11.6 Å². The van der Waals surface area contributed by atoms with Crippen molar-refractivity contribution in [2.45, 2.75) is 38.1 Å². The van der Waals surface area contributed by atoms with E-state index in [2.05, 4.69) is 10.6 Å². The summed E-state index contributed by atoms with van der Waals surface area (Å²) < 4.78 is 7.70. The van der Waals surface area contributed by atoms with Gasteiger partial charge in [0.1, 0.15) is 11.6 Å². The quantitative estimate of drug-likeness (QED) is 0.591. The third-order valence-corrected chi connectivity index (χ3v) is 3.93. The molecule has 1 aliphatic carbocycles. The molecular formula is C15H19ClN2O. The molecule has 4 heteroatoms. The third-order valence-electron chi connectivity index (χ3n) is 3.67. The maximum Gasteiger partial charge on any atom is 0.121 e. The van der Waals surface area contributed by atoms with Crippen LogP contribution in [-0.2, 0) is 6.42 Å². The highest BCUT2D eigenvalue weighted by atomic mass is 35.5. The fraction of sp³-hybridized carbons (Fsp3) is 0.533. The molecule has 0 bridgehead atoms. The Morgan fingerprint density at radius 1 is 1.37 bits per heavy atom. The van der Waals surface area contributed by atoms with E-state index >= 15 is 0 Å². The highest BCUT2D eigenvalue weighted by Gasteiger charge is 2.27. The van der Waals surface area contributed by atoms with Crippen LogP contribution in [0.4, 0.5) is 0 Å². The number of alkyl halides is 1. The molecule has 0 spiro atoms. The normalized spacial score (nSPS) is 15.1. The summed E-state index contributed by atoms with van der Waals surface area (Å²) >= 11 is 5.76. The smallest absolute Gasteiger partial charge is 0.121 e. The number of hydrogen-bond donors (Lipinski definition) is 0. The van der Waals surface area contributed by atoms with E-state index in [9.17, 15) is 0 Å². The highest BCUT2D eigenvalue weighted by molar-refractivity contribution is 6.17. The molecule has 1 aromatic carbocycles. The van der Waals surface area contributed by atoms with Gasteiger partial charge in [-0.1, -0.05) is 0 Å². The zero-order valence-electron chi connectivity index (χ0n) is 11.2. The lowest BCUT2D eigenvalue weighted by Crippen LogP contribution is -2.01. The molecule has 1 aliphatic rings. The molecule has 0 atom stereocenters. The Morgan fingerprint density at radius 3 is 2.89 bits per heavy atom. The van der Waals surface area contributed by atoms with Crippen molar-refractivity contribution in [3.63, 3.8) is 0 Å². The second-order valence-corrected chi connectivity index (χ2v) is 5.51. The first-order valence-electron chi connectivity index (χ1n) is 6.94.